The number of anilines is 1. The zero-order valence-corrected chi connectivity index (χ0v) is 19.2. The van der Waals surface area contributed by atoms with E-state index in [2.05, 4.69) is 35.0 Å². The topological polar surface area (TPSA) is 72.3 Å². The van der Waals surface area contributed by atoms with E-state index >= 15 is 0 Å². The Morgan fingerprint density at radius 2 is 2.00 bits per heavy atom. The number of nitrogen functional groups attached to an aromatic ring is 1. The maximum atomic E-state index is 13.6. The predicted molar refractivity (Wildman–Crippen MR) is 131 cm³/mol. The van der Waals surface area contributed by atoms with E-state index < -0.39 is 0 Å². The molecule has 2 N–H and O–H groups in total. The van der Waals surface area contributed by atoms with Crippen LogP contribution in [0.5, 0.6) is 0 Å². The van der Waals surface area contributed by atoms with Gasteiger partial charge >= 0.3 is 0 Å². The summed E-state index contributed by atoms with van der Waals surface area (Å²) < 4.78 is 15.5. The third kappa shape index (κ3) is 3.29. The number of halogens is 1. The molecule has 6 nitrogen and oxygen atoms in total. The molecule has 0 radical (unpaired) electrons. The lowest BCUT2D eigenvalue weighted by Crippen LogP contribution is -2.23. The summed E-state index contributed by atoms with van der Waals surface area (Å²) in [5.41, 5.74) is 10.9. The van der Waals surface area contributed by atoms with E-state index in [-0.39, 0.29) is 5.82 Å². The summed E-state index contributed by atoms with van der Waals surface area (Å²) >= 11 is 1.77. The average molecular weight is 459 g/mol. The molecule has 1 aliphatic rings. The van der Waals surface area contributed by atoms with Crippen molar-refractivity contribution in [1.29, 1.82) is 0 Å². The van der Waals surface area contributed by atoms with Gasteiger partial charge in [-0.1, -0.05) is 12.1 Å². The fourth-order valence-electron chi connectivity index (χ4n) is 4.78. The van der Waals surface area contributed by atoms with Gasteiger partial charge in [0.2, 0.25) is 0 Å². The molecule has 5 aromatic rings. The van der Waals surface area contributed by atoms with Gasteiger partial charge in [0, 0.05) is 39.9 Å². The van der Waals surface area contributed by atoms with Crippen molar-refractivity contribution in [2.75, 3.05) is 19.8 Å². The summed E-state index contributed by atoms with van der Waals surface area (Å²) in [6.45, 7) is 0. The smallest absolute Gasteiger partial charge is 0.140 e. The van der Waals surface area contributed by atoms with Gasteiger partial charge in [0.05, 0.1) is 23.6 Å². The van der Waals surface area contributed by atoms with E-state index in [0.717, 1.165) is 45.4 Å². The Kier molecular flexibility index (Phi) is 4.67. The van der Waals surface area contributed by atoms with Gasteiger partial charge in [0.15, 0.2) is 0 Å². The third-order valence-corrected chi connectivity index (χ3v) is 7.63. The van der Waals surface area contributed by atoms with Gasteiger partial charge < -0.3 is 10.6 Å². The lowest BCUT2D eigenvalue weighted by atomic mass is 9.97. The van der Waals surface area contributed by atoms with Crippen molar-refractivity contribution in [2.45, 2.75) is 25.3 Å². The number of thiazole rings is 1. The molecule has 1 aliphatic carbocycles. The Labute approximate surface area is 194 Å². The average Bonchev–Trinajstić information content (AvgIpc) is 3.42. The number of pyridine rings is 2. The van der Waals surface area contributed by atoms with Crippen molar-refractivity contribution < 1.29 is 4.39 Å². The Morgan fingerprint density at radius 1 is 1.12 bits per heavy atom. The lowest BCUT2D eigenvalue weighted by Gasteiger charge is -2.27. The van der Waals surface area contributed by atoms with E-state index in [4.69, 9.17) is 10.7 Å². The highest BCUT2D eigenvalue weighted by Crippen LogP contribution is 2.41. The van der Waals surface area contributed by atoms with Crippen LogP contribution in [-0.2, 0) is 6.42 Å². The zero-order chi connectivity index (χ0) is 22.7. The van der Waals surface area contributed by atoms with Crippen LogP contribution in [0.15, 0.2) is 48.9 Å². The van der Waals surface area contributed by atoms with Crippen molar-refractivity contribution in [2.24, 2.45) is 0 Å². The fraction of sp³-hybridized carbons (Fsp3) is 0.240. The highest BCUT2D eigenvalue weighted by atomic mass is 32.1. The molecule has 0 aliphatic heterocycles. The Hall–Kier alpha value is -3.36. The predicted octanol–water partition coefficient (Wildman–Crippen LogP) is 5.33. The monoisotopic (exact) mass is 458 g/mol. The number of benzene rings is 1. The number of aromatic nitrogens is 4. The van der Waals surface area contributed by atoms with Crippen LogP contribution >= 0.6 is 11.3 Å². The molecule has 6 rings (SSSR count). The Morgan fingerprint density at radius 3 is 2.85 bits per heavy atom. The van der Waals surface area contributed by atoms with Crippen molar-refractivity contribution in [3.63, 3.8) is 0 Å². The number of imidazole rings is 1. The maximum Gasteiger partial charge on any atom is 0.140 e. The van der Waals surface area contributed by atoms with Crippen LogP contribution in [0.1, 0.15) is 29.5 Å². The number of nitrogens with two attached hydrogens (primary N) is 1. The van der Waals surface area contributed by atoms with Crippen LogP contribution in [-0.4, -0.2) is 38.3 Å². The van der Waals surface area contributed by atoms with Crippen molar-refractivity contribution in [3.05, 3.63) is 65.3 Å². The van der Waals surface area contributed by atoms with Crippen LogP contribution in [0.25, 0.3) is 38.2 Å². The molecular weight excluding hydrogens is 435 g/mol. The molecular formula is C25H23FN6S. The normalized spacial score (nSPS) is 16.1. The first-order valence-corrected chi connectivity index (χ1v) is 11.8. The summed E-state index contributed by atoms with van der Waals surface area (Å²) in [5, 5.41) is 2.89. The molecule has 4 aromatic heterocycles. The Balaban J connectivity index is 1.48. The number of hydrogen-bond acceptors (Lipinski definition) is 6. The van der Waals surface area contributed by atoms with Gasteiger partial charge in [0.1, 0.15) is 22.3 Å². The number of rotatable bonds is 3. The summed E-state index contributed by atoms with van der Waals surface area (Å²) in [5.74, 6) is 0.168. The second-order valence-electron chi connectivity index (χ2n) is 8.73. The van der Waals surface area contributed by atoms with Crippen LogP contribution in [0.2, 0.25) is 0 Å². The minimum atomic E-state index is -0.307. The van der Waals surface area contributed by atoms with Gasteiger partial charge in [-0.05, 0) is 50.9 Å². The molecule has 0 bridgehead atoms. The summed E-state index contributed by atoms with van der Waals surface area (Å²) in [6.07, 6.45) is 8.68. The van der Waals surface area contributed by atoms with Crippen molar-refractivity contribution >= 4 is 33.6 Å². The van der Waals surface area contributed by atoms with Gasteiger partial charge in [-0.15, -0.1) is 11.3 Å². The van der Waals surface area contributed by atoms with Crippen molar-refractivity contribution in [1.82, 2.24) is 24.3 Å². The number of fused-ring (bicyclic) bond motifs is 3. The van der Waals surface area contributed by atoms with Gasteiger partial charge in [-0.2, -0.15) is 0 Å². The Bertz CT molecular complexity index is 1520. The molecule has 0 amide bonds. The first-order chi connectivity index (χ1) is 16.0. The molecule has 0 unspecified atom stereocenters. The largest absolute Gasteiger partial charge is 0.383 e. The van der Waals surface area contributed by atoms with E-state index in [1.165, 1.54) is 29.1 Å². The number of nitrogens with zero attached hydrogens (tertiary/aromatic N) is 5. The zero-order valence-electron chi connectivity index (χ0n) is 18.4. The highest BCUT2D eigenvalue weighted by Gasteiger charge is 2.27. The molecule has 4 heterocycles. The van der Waals surface area contributed by atoms with E-state index in [1.807, 2.05) is 22.7 Å². The highest BCUT2D eigenvalue weighted by molar-refractivity contribution is 7.15. The molecule has 166 valence electrons. The molecule has 1 atom stereocenters. The fourth-order valence-corrected chi connectivity index (χ4v) is 5.96. The van der Waals surface area contributed by atoms with E-state index in [9.17, 15) is 4.39 Å². The summed E-state index contributed by atoms with van der Waals surface area (Å²) in [6, 6.07) is 9.36. The summed E-state index contributed by atoms with van der Waals surface area (Å²) in [7, 11) is 4.24. The second kappa shape index (κ2) is 7.60. The van der Waals surface area contributed by atoms with E-state index in [1.54, 1.807) is 23.7 Å². The van der Waals surface area contributed by atoms with Crippen LogP contribution < -0.4 is 5.73 Å². The van der Waals surface area contributed by atoms with Gasteiger partial charge in [0.25, 0.3) is 0 Å². The minimum Gasteiger partial charge on any atom is -0.383 e. The maximum absolute atomic E-state index is 13.6. The van der Waals surface area contributed by atoms with Gasteiger partial charge in [-0.25, -0.2) is 19.3 Å². The first kappa shape index (κ1) is 20.3. The summed E-state index contributed by atoms with van der Waals surface area (Å²) in [4.78, 5) is 17.5. The lowest BCUT2D eigenvalue weighted by molar-refractivity contribution is 0.264. The molecule has 0 fully saturated rings. The second-order valence-corrected chi connectivity index (χ2v) is 9.82. The van der Waals surface area contributed by atoms with Crippen LogP contribution in [0.4, 0.5) is 10.2 Å². The standard InChI is InChI=1S/C25H23FN6S/c1-31(2)19-4-3-5-21-23(19)30-25(33-21)18-12-29-24(27)17-10-14(6-7-16(17)18)20-13-28-22-11-15(26)8-9-32(20)22/h6-13,19H,3-5H2,1-2H3,(H2,27,29)/t19-/m1/s1. The quantitative estimate of drug-likeness (QED) is 0.395. The van der Waals surface area contributed by atoms with Crippen molar-refractivity contribution in [3.8, 4) is 21.8 Å². The SMILES string of the molecule is CN(C)[C@@H]1CCCc2sc(-c3cnc(N)c4cc(-c5cnc6cc(F)ccn56)ccc34)nc21. The third-order valence-electron chi connectivity index (χ3n) is 6.47. The molecule has 0 spiro atoms. The van der Waals surface area contributed by atoms with Crippen LogP contribution in [0, 0.1) is 5.82 Å². The molecule has 33 heavy (non-hydrogen) atoms. The van der Waals surface area contributed by atoms with Crippen LogP contribution in [0.3, 0.4) is 0 Å². The molecule has 0 saturated heterocycles. The minimum absolute atomic E-state index is 0.307. The number of aryl methyl sites for hydroxylation is 1. The molecule has 8 heteroatoms. The van der Waals surface area contributed by atoms with E-state index in [0.29, 0.717) is 17.5 Å². The first-order valence-electron chi connectivity index (χ1n) is 11.0. The molecule has 0 saturated carbocycles. The van der Waals surface area contributed by atoms with Gasteiger partial charge in [-0.3, -0.25) is 4.40 Å². The molecule has 1 aromatic carbocycles. The number of hydrogen-bond donors (Lipinski definition) is 1.